The number of hydrogen-bond acceptors (Lipinski definition) is 5. The minimum absolute atomic E-state index is 0.0127. The van der Waals surface area contributed by atoms with Crippen molar-refractivity contribution < 1.29 is 14.5 Å². The summed E-state index contributed by atoms with van der Waals surface area (Å²) < 4.78 is 0. The van der Waals surface area contributed by atoms with Crippen LogP contribution in [-0.2, 0) is 12.8 Å². The van der Waals surface area contributed by atoms with E-state index in [9.17, 15) is 19.7 Å². The molecule has 4 rings (SSSR count). The molecule has 0 saturated heterocycles. The summed E-state index contributed by atoms with van der Waals surface area (Å²) in [5, 5.41) is 10.6. The Bertz CT molecular complexity index is 858. The smallest absolute Gasteiger partial charge is 0.273 e. The van der Waals surface area contributed by atoms with E-state index in [-0.39, 0.29) is 17.3 Å². The number of nitro groups is 1. The van der Waals surface area contributed by atoms with Gasteiger partial charge in [0, 0.05) is 41.3 Å². The molecule has 0 spiro atoms. The van der Waals surface area contributed by atoms with E-state index in [0.29, 0.717) is 30.4 Å². The molecule has 0 radical (unpaired) electrons. The number of nitrogen functional groups attached to an aromatic ring is 1. The van der Waals surface area contributed by atoms with Crippen molar-refractivity contribution in [3.63, 3.8) is 0 Å². The van der Waals surface area contributed by atoms with E-state index in [0.717, 1.165) is 23.2 Å². The first-order valence-corrected chi connectivity index (χ1v) is 7.69. The monoisotopic (exact) mass is 324 g/mol. The quantitative estimate of drug-likeness (QED) is 0.493. The van der Waals surface area contributed by atoms with E-state index >= 15 is 0 Å². The lowest BCUT2D eigenvalue weighted by Crippen LogP contribution is -1.95. The zero-order valence-corrected chi connectivity index (χ0v) is 13.0. The first kappa shape index (κ1) is 15.9. The summed E-state index contributed by atoms with van der Waals surface area (Å²) in [4.78, 5) is 32.5. The first-order chi connectivity index (χ1) is 11.5. The molecule has 0 bridgehead atoms. The Balaban J connectivity index is 0.000000143. The number of nitro benzene ring substituents is 1. The molecule has 0 atom stereocenters. The Morgan fingerprint density at radius 1 is 0.833 bits per heavy atom. The average Bonchev–Trinajstić information content (AvgIpc) is 3.13. The standard InChI is InChI=1S/C9H7NO3.C9H9NO/c11-9-5-4-6-7(9)2-1-3-8(6)10(12)13;10-8-3-1-2-7-6(8)4-5-9(7)11/h1-3H,4-5H2;1-3H,4-5,10H2. The zero-order valence-electron chi connectivity index (χ0n) is 13.0. The number of ketones is 2. The van der Waals surface area contributed by atoms with Crippen LogP contribution < -0.4 is 5.73 Å². The van der Waals surface area contributed by atoms with Gasteiger partial charge in [-0.15, -0.1) is 0 Å². The van der Waals surface area contributed by atoms with E-state index in [2.05, 4.69) is 0 Å². The maximum Gasteiger partial charge on any atom is 0.273 e. The lowest BCUT2D eigenvalue weighted by Gasteiger charge is -1.99. The maximum atomic E-state index is 11.2. The van der Waals surface area contributed by atoms with Gasteiger partial charge in [-0.3, -0.25) is 19.7 Å². The second-order valence-electron chi connectivity index (χ2n) is 5.78. The summed E-state index contributed by atoms with van der Waals surface area (Å²) in [5.74, 6) is 0.242. The van der Waals surface area contributed by atoms with Gasteiger partial charge in [0.2, 0.25) is 0 Å². The Hall–Kier alpha value is -3.02. The van der Waals surface area contributed by atoms with Crippen LogP contribution in [0.4, 0.5) is 11.4 Å². The fourth-order valence-corrected chi connectivity index (χ4v) is 3.16. The van der Waals surface area contributed by atoms with Gasteiger partial charge in [0.1, 0.15) is 0 Å². The van der Waals surface area contributed by atoms with Crippen LogP contribution in [0.5, 0.6) is 0 Å². The number of rotatable bonds is 1. The van der Waals surface area contributed by atoms with Crippen LogP contribution in [0.3, 0.4) is 0 Å². The minimum atomic E-state index is -0.433. The molecule has 6 heteroatoms. The van der Waals surface area contributed by atoms with Crippen LogP contribution >= 0.6 is 0 Å². The zero-order chi connectivity index (χ0) is 17.3. The Morgan fingerprint density at radius 3 is 1.96 bits per heavy atom. The highest BCUT2D eigenvalue weighted by atomic mass is 16.6. The molecule has 0 heterocycles. The van der Waals surface area contributed by atoms with Crippen molar-refractivity contribution in [3.05, 3.63) is 68.8 Å². The number of fused-ring (bicyclic) bond motifs is 2. The van der Waals surface area contributed by atoms with Gasteiger partial charge in [-0.2, -0.15) is 0 Å². The predicted molar refractivity (Wildman–Crippen MR) is 89.3 cm³/mol. The molecule has 2 aromatic rings. The molecule has 0 aliphatic heterocycles. The number of anilines is 1. The maximum absolute atomic E-state index is 11.2. The second kappa shape index (κ2) is 6.23. The van der Waals surface area contributed by atoms with Gasteiger partial charge >= 0.3 is 0 Å². The number of carbonyl (C=O) groups is 2. The summed E-state index contributed by atoms with van der Waals surface area (Å²) in [6.07, 6.45) is 2.36. The fraction of sp³-hybridized carbons (Fsp3) is 0.222. The summed E-state index contributed by atoms with van der Waals surface area (Å²) in [6, 6.07) is 10.2. The lowest BCUT2D eigenvalue weighted by molar-refractivity contribution is -0.385. The normalized spacial score (nSPS) is 14.7. The molecule has 2 aromatic carbocycles. The third-order valence-electron chi connectivity index (χ3n) is 4.37. The van der Waals surface area contributed by atoms with Crippen molar-refractivity contribution >= 4 is 22.9 Å². The highest BCUT2D eigenvalue weighted by Gasteiger charge is 2.26. The largest absolute Gasteiger partial charge is 0.398 e. The number of hydrogen-bond donors (Lipinski definition) is 1. The van der Waals surface area contributed by atoms with Gasteiger partial charge in [-0.25, -0.2) is 0 Å². The minimum Gasteiger partial charge on any atom is -0.398 e. The van der Waals surface area contributed by atoms with Crippen LogP contribution in [0, 0.1) is 10.1 Å². The first-order valence-electron chi connectivity index (χ1n) is 7.69. The van der Waals surface area contributed by atoms with Gasteiger partial charge < -0.3 is 5.73 Å². The van der Waals surface area contributed by atoms with Crippen LogP contribution in [0.15, 0.2) is 36.4 Å². The molecule has 6 nitrogen and oxygen atoms in total. The molecule has 2 N–H and O–H groups in total. The van der Waals surface area contributed by atoms with E-state index in [1.165, 1.54) is 6.07 Å². The average molecular weight is 324 g/mol. The molecule has 0 unspecified atom stereocenters. The van der Waals surface area contributed by atoms with Gasteiger partial charge in [-0.1, -0.05) is 24.3 Å². The summed E-state index contributed by atoms with van der Waals surface area (Å²) in [6.45, 7) is 0. The number of carbonyl (C=O) groups excluding carboxylic acids is 2. The van der Waals surface area contributed by atoms with E-state index in [4.69, 9.17) is 5.73 Å². The fourth-order valence-electron chi connectivity index (χ4n) is 3.16. The number of Topliss-reactive ketones (excluding diaryl/α,β-unsaturated/α-hetero) is 2. The molecule has 24 heavy (non-hydrogen) atoms. The van der Waals surface area contributed by atoms with Gasteiger partial charge in [0.15, 0.2) is 11.6 Å². The molecule has 0 amide bonds. The van der Waals surface area contributed by atoms with Crippen molar-refractivity contribution in [2.75, 3.05) is 5.73 Å². The van der Waals surface area contributed by atoms with Crippen LogP contribution in [0.1, 0.15) is 44.7 Å². The second-order valence-corrected chi connectivity index (χ2v) is 5.78. The molecule has 2 aliphatic carbocycles. The van der Waals surface area contributed by atoms with Crippen LogP contribution in [0.2, 0.25) is 0 Å². The topological polar surface area (TPSA) is 103 Å². The molecule has 0 fully saturated rings. The summed E-state index contributed by atoms with van der Waals surface area (Å²) in [5.41, 5.74) is 9.49. The van der Waals surface area contributed by atoms with Crippen LogP contribution in [0.25, 0.3) is 0 Å². The Labute approximate surface area is 138 Å². The van der Waals surface area contributed by atoms with Crippen molar-refractivity contribution in [2.24, 2.45) is 0 Å². The number of nitrogens with zero attached hydrogens (tertiary/aromatic N) is 1. The number of nitrogens with two attached hydrogens (primary N) is 1. The van der Waals surface area contributed by atoms with Gasteiger partial charge in [0.25, 0.3) is 5.69 Å². The van der Waals surface area contributed by atoms with Crippen molar-refractivity contribution in [3.8, 4) is 0 Å². The SMILES string of the molecule is Nc1cccc2c1CCC2=O.O=C1CCc2c1cccc2[N+](=O)[O-]. The van der Waals surface area contributed by atoms with Crippen LogP contribution in [-0.4, -0.2) is 16.5 Å². The molecular weight excluding hydrogens is 308 g/mol. The lowest BCUT2D eigenvalue weighted by atomic mass is 10.1. The van der Waals surface area contributed by atoms with Gasteiger partial charge in [-0.05, 0) is 24.5 Å². The Kier molecular flexibility index (Phi) is 4.12. The van der Waals surface area contributed by atoms with Crippen molar-refractivity contribution in [1.29, 1.82) is 0 Å². The van der Waals surface area contributed by atoms with E-state index in [1.54, 1.807) is 12.1 Å². The molecule has 0 aromatic heterocycles. The molecule has 2 aliphatic rings. The molecule has 0 saturated carbocycles. The molecule has 122 valence electrons. The number of benzene rings is 2. The highest BCUT2D eigenvalue weighted by molar-refractivity contribution is 6.02. The predicted octanol–water partition coefficient (Wildman–Crippen LogP) is 3.12. The summed E-state index contributed by atoms with van der Waals surface area (Å²) in [7, 11) is 0. The van der Waals surface area contributed by atoms with Gasteiger partial charge in [0.05, 0.1) is 4.92 Å². The summed E-state index contributed by atoms with van der Waals surface area (Å²) >= 11 is 0. The van der Waals surface area contributed by atoms with Crippen molar-refractivity contribution in [1.82, 2.24) is 0 Å². The van der Waals surface area contributed by atoms with Crippen molar-refractivity contribution in [2.45, 2.75) is 25.7 Å². The third-order valence-corrected chi connectivity index (χ3v) is 4.37. The highest BCUT2D eigenvalue weighted by Crippen LogP contribution is 2.30. The Morgan fingerprint density at radius 2 is 1.38 bits per heavy atom. The third kappa shape index (κ3) is 2.78. The van der Waals surface area contributed by atoms with E-state index < -0.39 is 4.92 Å². The van der Waals surface area contributed by atoms with E-state index in [1.807, 2.05) is 18.2 Å². The molecular formula is C18H16N2O4.